The second-order valence-electron chi connectivity index (χ2n) is 13.6. The molecule has 0 spiro atoms. The van der Waals surface area contributed by atoms with Crippen LogP contribution in [-0.4, -0.2) is 96.1 Å². The van der Waals surface area contributed by atoms with Crippen LogP contribution in [0.2, 0.25) is 0 Å². The number of halogens is 1. The van der Waals surface area contributed by atoms with Gasteiger partial charge < -0.3 is 59.1 Å². The molecule has 7 heterocycles. The highest BCUT2D eigenvalue weighted by Crippen LogP contribution is 2.36. The zero-order valence-electron chi connectivity index (χ0n) is 38.8. The number of ether oxygens (including phenoxy) is 6. The Labute approximate surface area is 415 Å². The van der Waals surface area contributed by atoms with Crippen LogP contribution < -0.4 is 49.1 Å². The van der Waals surface area contributed by atoms with E-state index in [1.165, 1.54) is 20.4 Å². The van der Waals surface area contributed by atoms with Crippen LogP contribution in [0.1, 0.15) is 42.5 Å². The molecule has 0 radical (unpaired) electrons. The first kappa shape index (κ1) is 64.2. The number of aromatic nitrogens is 6. The van der Waals surface area contributed by atoms with Crippen LogP contribution in [0.5, 0.6) is 35.3 Å². The molecule has 0 aromatic carbocycles. The molecule has 0 bridgehead atoms. The molecule has 1 aliphatic rings. The van der Waals surface area contributed by atoms with Crippen LogP contribution >= 0.6 is 15.9 Å². The molecule has 1 fully saturated rings. The minimum Gasteiger partial charge on any atom is -0.616 e. The maximum atomic E-state index is 10.8. The standard InChI is InChI=1S/C12H18BNO3.C6H6BrNO.C6H6N2O4.C6H8N2O.C6H7NO2.C6H7NO.2CH4.HNO3/c1-11(2)12(3,4)17-13(16-11)9-6-7-14-10(8-9)15-5;1-9-6-4-5(7)2-3-8-6;1-12-6-4-5(8(10)11)2-3-7(6)9;1-9-6-4-5(7)2-3-8-6;1-9-6-4-2-3-5-7(6)8;1-8-6-4-2-3-5-7-6;;;2-1(3)4/h6-8H,1-5H3;2-4H,1H3;2-4H,1H3;2-4H,1H3,(H2,7,8);2-5H,1H3;2-5H,1H3;2*1H4;(H,2,3,4). The van der Waals surface area contributed by atoms with Crippen molar-refractivity contribution in [2.45, 2.75) is 53.8 Å². The Hall–Kier alpha value is -7.84. The Morgan fingerprint density at radius 1 is 0.614 bits per heavy atom. The van der Waals surface area contributed by atoms with E-state index in [0.29, 0.717) is 44.5 Å². The third-order valence-electron chi connectivity index (χ3n) is 8.50. The van der Waals surface area contributed by atoms with Crippen molar-refractivity contribution < 1.29 is 62.4 Å². The number of nitrogens with zero attached hydrogens (tertiary/aromatic N) is 8. The molecule has 0 aliphatic carbocycles. The van der Waals surface area contributed by atoms with E-state index in [1.807, 2.05) is 58.0 Å². The molecule has 382 valence electrons. The Morgan fingerprint density at radius 3 is 1.49 bits per heavy atom. The highest BCUT2D eigenvalue weighted by atomic mass is 79.9. The highest BCUT2D eigenvalue weighted by molar-refractivity contribution is 9.10. The van der Waals surface area contributed by atoms with Crippen LogP contribution in [0.3, 0.4) is 0 Å². The summed E-state index contributed by atoms with van der Waals surface area (Å²) in [5.41, 5.74) is 6.19. The third kappa shape index (κ3) is 24.3. The lowest BCUT2D eigenvalue weighted by molar-refractivity contribution is -0.742. The highest BCUT2D eigenvalue weighted by Gasteiger charge is 2.51. The van der Waals surface area contributed by atoms with Crippen molar-refractivity contribution in [2.24, 2.45) is 0 Å². The lowest BCUT2D eigenvalue weighted by Gasteiger charge is -2.32. The van der Waals surface area contributed by atoms with Gasteiger partial charge in [0.2, 0.25) is 23.5 Å². The van der Waals surface area contributed by atoms with Crippen molar-refractivity contribution in [1.29, 1.82) is 0 Å². The molecule has 70 heavy (non-hydrogen) atoms. The number of hydrogen-bond donors (Lipinski definition) is 2. The first-order valence-electron chi connectivity index (χ1n) is 19.4. The number of methoxy groups -OCH3 is 6. The fourth-order valence-corrected chi connectivity index (χ4v) is 4.77. The number of nitrogens with two attached hydrogens (primary N) is 1. The van der Waals surface area contributed by atoms with Crippen molar-refractivity contribution in [3.05, 3.63) is 157 Å². The van der Waals surface area contributed by atoms with E-state index in [0.717, 1.165) is 28.3 Å². The van der Waals surface area contributed by atoms with Crippen molar-refractivity contribution >= 4 is 39.9 Å². The monoisotopic (exact) mass is 1050 g/mol. The summed E-state index contributed by atoms with van der Waals surface area (Å²) < 4.78 is 42.8. The van der Waals surface area contributed by atoms with Crippen LogP contribution in [0, 0.1) is 30.6 Å². The third-order valence-corrected chi connectivity index (χ3v) is 8.99. The first-order valence-corrected chi connectivity index (χ1v) is 20.1. The van der Waals surface area contributed by atoms with E-state index in [1.54, 1.807) is 95.7 Å². The number of rotatable bonds is 8. The lowest BCUT2D eigenvalue weighted by atomic mass is 9.80. The van der Waals surface area contributed by atoms with E-state index in [2.05, 4.69) is 40.6 Å². The normalized spacial score (nSPS) is 11.7. The van der Waals surface area contributed by atoms with Crippen molar-refractivity contribution in [3.8, 4) is 35.3 Å². The van der Waals surface area contributed by atoms with Crippen molar-refractivity contribution in [1.82, 2.24) is 19.9 Å². The van der Waals surface area contributed by atoms with Gasteiger partial charge in [0, 0.05) is 65.3 Å². The fraction of sp³-hybridized carbons (Fsp3) is 0.318. The Balaban J connectivity index is 0. The molecule has 0 atom stereocenters. The molecule has 24 nitrogen and oxygen atoms in total. The summed E-state index contributed by atoms with van der Waals surface area (Å²) in [7, 11) is 8.71. The quantitative estimate of drug-likeness (QED) is 0.0540. The van der Waals surface area contributed by atoms with Gasteiger partial charge in [0.05, 0.1) is 70.9 Å². The number of nitrogen functional groups attached to an aromatic ring is 1. The average molecular weight is 1050 g/mol. The Kier molecular flexibility index (Phi) is 30.8. The van der Waals surface area contributed by atoms with Gasteiger partial charge in [-0.15, -0.1) is 19.6 Å². The minimum atomic E-state index is -1.50. The Bertz CT molecular complexity index is 2350. The number of anilines is 1. The van der Waals surface area contributed by atoms with E-state index in [4.69, 9.17) is 54.0 Å². The van der Waals surface area contributed by atoms with Crippen molar-refractivity contribution in [2.75, 3.05) is 48.4 Å². The summed E-state index contributed by atoms with van der Waals surface area (Å²) in [4.78, 5) is 33.7. The molecule has 0 unspecified atom stereocenters. The number of nitro groups is 1. The SMILES string of the molecule is C.C.COc1cc(B2OC(C)(C)C(C)(C)O2)ccn1.COc1cc(Br)ccn1.COc1cc(N)ccn1.COc1cc([N+](=O)[O-])cc[n+]1[O-].COc1cccc[n+]1[O-].COc1ccccn1.O=[N+]([O-])O. The van der Waals surface area contributed by atoms with E-state index < -0.39 is 10.0 Å². The summed E-state index contributed by atoms with van der Waals surface area (Å²) in [5.74, 6) is 2.63. The van der Waals surface area contributed by atoms with Crippen molar-refractivity contribution in [3.63, 3.8) is 0 Å². The molecule has 1 saturated heterocycles. The topological polar surface area (TPSA) is 312 Å². The average Bonchev–Trinajstić information content (AvgIpc) is 3.55. The second kappa shape index (κ2) is 33.6. The van der Waals surface area contributed by atoms with E-state index in [-0.39, 0.29) is 44.7 Å². The molecule has 6 aromatic heterocycles. The van der Waals surface area contributed by atoms with Gasteiger partial charge in [0.1, 0.15) is 6.07 Å². The van der Waals surface area contributed by atoms with Gasteiger partial charge in [0.25, 0.3) is 10.8 Å². The summed E-state index contributed by atoms with van der Waals surface area (Å²) in [6, 6.07) is 23.4. The lowest BCUT2D eigenvalue weighted by Crippen LogP contribution is -2.41. The molecule has 6 aromatic rings. The van der Waals surface area contributed by atoms with Gasteiger partial charge in [-0.25, -0.2) is 19.9 Å². The smallest absolute Gasteiger partial charge is 0.495 e. The summed E-state index contributed by atoms with van der Waals surface area (Å²) >= 11 is 3.28. The van der Waals surface area contributed by atoms with Gasteiger partial charge in [-0.3, -0.25) is 10.1 Å². The zero-order valence-corrected chi connectivity index (χ0v) is 40.4. The van der Waals surface area contributed by atoms with Gasteiger partial charge >= 0.3 is 18.9 Å². The molecule has 0 amide bonds. The summed E-state index contributed by atoms with van der Waals surface area (Å²) in [6.45, 7) is 8.13. The van der Waals surface area contributed by atoms with E-state index in [9.17, 15) is 20.5 Å². The van der Waals surface area contributed by atoms with Crippen LogP contribution in [0.25, 0.3) is 0 Å². The molecule has 3 N–H and O–H groups in total. The summed E-state index contributed by atoms with van der Waals surface area (Å²) in [5, 5.41) is 45.3. The fourth-order valence-electron chi connectivity index (χ4n) is 4.45. The molecule has 0 saturated carbocycles. The predicted octanol–water partition coefficient (Wildman–Crippen LogP) is 6.49. The van der Waals surface area contributed by atoms with Crippen LogP contribution in [-0.2, 0) is 9.31 Å². The number of hydrogen-bond acceptors (Lipinski definition) is 19. The predicted molar refractivity (Wildman–Crippen MR) is 264 cm³/mol. The molecular formula is C44H61BBrN9O15. The Morgan fingerprint density at radius 2 is 1.09 bits per heavy atom. The molecule has 1 aliphatic heterocycles. The largest absolute Gasteiger partial charge is 0.616 e. The van der Waals surface area contributed by atoms with Gasteiger partial charge in [-0.2, -0.15) is 0 Å². The van der Waals surface area contributed by atoms with Gasteiger partial charge in [-0.1, -0.05) is 36.8 Å². The van der Waals surface area contributed by atoms with Gasteiger partial charge in [-0.05, 0) is 63.5 Å². The first-order chi connectivity index (χ1) is 32.2. The molecule has 26 heteroatoms. The molecule has 7 rings (SSSR count). The minimum absolute atomic E-state index is 0. The molecular weight excluding hydrogens is 985 g/mol. The maximum absolute atomic E-state index is 10.8. The second-order valence-corrected chi connectivity index (χ2v) is 14.5. The van der Waals surface area contributed by atoms with Crippen LogP contribution in [0.15, 0.2) is 127 Å². The van der Waals surface area contributed by atoms with Crippen LogP contribution in [0.4, 0.5) is 11.4 Å². The number of pyridine rings is 6. The zero-order chi connectivity index (χ0) is 51.3. The van der Waals surface area contributed by atoms with E-state index >= 15 is 0 Å². The maximum Gasteiger partial charge on any atom is 0.495 e. The summed E-state index contributed by atoms with van der Waals surface area (Å²) in [6.07, 6.45) is 9.09. The van der Waals surface area contributed by atoms with Gasteiger partial charge in [0.15, 0.2) is 12.4 Å².